The Labute approximate surface area is 176 Å². The number of halogens is 2. The van der Waals surface area contributed by atoms with Crippen molar-refractivity contribution in [1.82, 2.24) is 10.2 Å². The Hall–Kier alpha value is -3.82. The highest BCUT2D eigenvalue weighted by atomic mass is 19.1. The van der Waals surface area contributed by atoms with Crippen molar-refractivity contribution < 1.29 is 32.7 Å². The minimum Gasteiger partial charge on any atom is -0.462 e. The zero-order chi connectivity index (χ0) is 22.8. The number of urea groups is 1. The lowest BCUT2D eigenvalue weighted by Gasteiger charge is -2.22. The summed E-state index contributed by atoms with van der Waals surface area (Å²) in [6, 6.07) is 7.67. The molecule has 2 aromatic carbocycles. The summed E-state index contributed by atoms with van der Waals surface area (Å²) in [4.78, 5) is 50.3. The van der Waals surface area contributed by atoms with Gasteiger partial charge in [0.1, 0.15) is 23.7 Å². The van der Waals surface area contributed by atoms with Crippen molar-refractivity contribution in [3.05, 3.63) is 65.2 Å². The van der Waals surface area contributed by atoms with Crippen LogP contribution in [0.3, 0.4) is 0 Å². The summed E-state index contributed by atoms with van der Waals surface area (Å²) in [6.45, 7) is 2.29. The summed E-state index contributed by atoms with van der Waals surface area (Å²) in [5.74, 6) is -4.01. The number of nitrogens with zero attached hydrogens (tertiary/aromatic N) is 1. The van der Waals surface area contributed by atoms with E-state index < -0.39 is 47.5 Å². The summed E-state index contributed by atoms with van der Waals surface area (Å²) in [5, 5.41) is 4.76. The molecule has 8 nitrogen and oxygen atoms in total. The van der Waals surface area contributed by atoms with Crippen LogP contribution >= 0.6 is 0 Å². The van der Waals surface area contributed by atoms with E-state index in [0.717, 1.165) is 18.2 Å². The molecule has 1 atom stereocenters. The van der Waals surface area contributed by atoms with E-state index in [2.05, 4.69) is 10.6 Å². The Bertz CT molecular complexity index is 1070. The number of ether oxygens (including phenoxy) is 1. The Balaban J connectivity index is 1.79. The molecule has 1 fully saturated rings. The van der Waals surface area contributed by atoms with E-state index in [0.29, 0.717) is 4.90 Å². The molecule has 0 radical (unpaired) electrons. The summed E-state index contributed by atoms with van der Waals surface area (Å²) in [5.41, 5.74) is -2.01. The van der Waals surface area contributed by atoms with E-state index in [4.69, 9.17) is 4.74 Å². The molecule has 31 heavy (non-hydrogen) atoms. The quantitative estimate of drug-likeness (QED) is 0.540. The van der Waals surface area contributed by atoms with Crippen LogP contribution in [0.4, 0.5) is 19.3 Å². The molecule has 2 N–H and O–H groups in total. The van der Waals surface area contributed by atoms with Crippen molar-refractivity contribution in [2.24, 2.45) is 0 Å². The Morgan fingerprint density at radius 1 is 1.16 bits per heavy atom. The second kappa shape index (κ2) is 8.50. The van der Waals surface area contributed by atoms with Crippen LogP contribution in [0.2, 0.25) is 0 Å². The van der Waals surface area contributed by atoms with E-state index in [1.807, 2.05) is 0 Å². The molecular weight excluding hydrogens is 412 g/mol. The van der Waals surface area contributed by atoms with Crippen LogP contribution < -0.4 is 10.6 Å². The molecule has 0 unspecified atom stereocenters. The molecule has 0 bridgehead atoms. The highest BCUT2D eigenvalue weighted by molar-refractivity contribution is 6.11. The largest absolute Gasteiger partial charge is 0.462 e. The summed E-state index contributed by atoms with van der Waals surface area (Å²) in [6.07, 6.45) is 0. The molecule has 0 aromatic heterocycles. The van der Waals surface area contributed by atoms with Crippen molar-refractivity contribution in [2.75, 3.05) is 18.5 Å². The van der Waals surface area contributed by atoms with Crippen LogP contribution in [0, 0.1) is 11.6 Å². The number of hydrogen-bond acceptors (Lipinski definition) is 5. The third-order valence-electron chi connectivity index (χ3n) is 4.74. The summed E-state index contributed by atoms with van der Waals surface area (Å²) >= 11 is 0. The predicted molar refractivity (Wildman–Crippen MR) is 105 cm³/mol. The molecular formula is C21H19F2N3O5. The lowest BCUT2D eigenvalue weighted by Crippen LogP contribution is -2.42. The van der Waals surface area contributed by atoms with Gasteiger partial charge in [-0.25, -0.2) is 18.4 Å². The maximum absolute atomic E-state index is 14.2. The Kier molecular flexibility index (Phi) is 6.00. The molecule has 0 aliphatic carbocycles. The number of anilines is 1. The third-order valence-corrected chi connectivity index (χ3v) is 4.74. The molecule has 162 valence electrons. The van der Waals surface area contributed by atoms with E-state index in [1.54, 1.807) is 19.1 Å². The highest BCUT2D eigenvalue weighted by Gasteiger charge is 2.50. The number of imide groups is 1. The van der Waals surface area contributed by atoms with Gasteiger partial charge in [-0.15, -0.1) is 0 Å². The molecule has 1 saturated heterocycles. The number of para-hydroxylation sites is 1. The zero-order valence-corrected chi connectivity index (χ0v) is 16.7. The molecule has 10 heteroatoms. The van der Waals surface area contributed by atoms with Crippen LogP contribution in [-0.4, -0.2) is 41.9 Å². The van der Waals surface area contributed by atoms with E-state index in [-0.39, 0.29) is 23.4 Å². The minimum absolute atomic E-state index is 0.0987. The molecule has 3 rings (SSSR count). The first kappa shape index (κ1) is 21.9. The molecule has 1 heterocycles. The fourth-order valence-corrected chi connectivity index (χ4v) is 3.22. The lowest BCUT2D eigenvalue weighted by atomic mass is 9.91. The second-order valence-electron chi connectivity index (χ2n) is 6.88. The van der Waals surface area contributed by atoms with Gasteiger partial charge in [0.2, 0.25) is 5.91 Å². The van der Waals surface area contributed by atoms with Crippen LogP contribution in [-0.2, 0) is 19.9 Å². The number of carbonyl (C=O) groups is 4. The van der Waals surface area contributed by atoms with E-state index in [9.17, 15) is 28.0 Å². The number of rotatable bonds is 6. The normalized spacial score (nSPS) is 18.0. The fourth-order valence-electron chi connectivity index (χ4n) is 3.22. The van der Waals surface area contributed by atoms with Gasteiger partial charge in [-0.3, -0.25) is 14.5 Å². The monoisotopic (exact) mass is 431 g/mol. The van der Waals surface area contributed by atoms with Gasteiger partial charge in [-0.1, -0.05) is 12.1 Å². The van der Waals surface area contributed by atoms with Crippen molar-refractivity contribution in [3.8, 4) is 0 Å². The number of esters is 1. The van der Waals surface area contributed by atoms with Gasteiger partial charge in [0.05, 0.1) is 17.9 Å². The van der Waals surface area contributed by atoms with E-state index in [1.165, 1.54) is 19.1 Å². The molecule has 1 aliphatic rings. The standard InChI is InChI=1S/C21H19F2N3O5/c1-3-31-18(28)13-6-4-5-7-16(13)24-17(27)11-26-19(29)21(2,25-20(26)30)14-10-12(22)8-9-15(14)23/h4-10H,3,11H2,1-2H3,(H,24,27)(H,25,30)/t21-/m0/s1. The minimum atomic E-state index is -1.88. The van der Waals surface area contributed by atoms with Crippen LogP contribution in [0.1, 0.15) is 29.8 Å². The van der Waals surface area contributed by atoms with Gasteiger partial charge in [0, 0.05) is 5.56 Å². The van der Waals surface area contributed by atoms with Gasteiger partial charge in [0.25, 0.3) is 5.91 Å². The highest BCUT2D eigenvalue weighted by Crippen LogP contribution is 2.31. The van der Waals surface area contributed by atoms with Crippen LogP contribution in [0.5, 0.6) is 0 Å². The lowest BCUT2D eigenvalue weighted by molar-refractivity contribution is -0.133. The molecule has 2 aromatic rings. The number of amides is 4. The Morgan fingerprint density at radius 2 is 1.87 bits per heavy atom. The Morgan fingerprint density at radius 3 is 2.58 bits per heavy atom. The number of nitrogens with one attached hydrogen (secondary N) is 2. The van der Waals surface area contributed by atoms with Crippen molar-refractivity contribution in [2.45, 2.75) is 19.4 Å². The average molecular weight is 431 g/mol. The SMILES string of the molecule is CCOC(=O)c1ccccc1NC(=O)CN1C(=O)N[C@@](C)(c2cc(F)ccc2F)C1=O. The van der Waals surface area contributed by atoms with Crippen LogP contribution in [0.15, 0.2) is 42.5 Å². The number of benzene rings is 2. The zero-order valence-electron chi connectivity index (χ0n) is 16.7. The molecule has 4 amide bonds. The van der Waals surface area contributed by atoms with Crippen molar-refractivity contribution in [3.63, 3.8) is 0 Å². The van der Waals surface area contributed by atoms with Crippen molar-refractivity contribution >= 4 is 29.5 Å². The average Bonchev–Trinajstić information content (AvgIpc) is 2.94. The summed E-state index contributed by atoms with van der Waals surface area (Å²) in [7, 11) is 0. The first-order valence-electron chi connectivity index (χ1n) is 9.33. The first-order valence-corrected chi connectivity index (χ1v) is 9.33. The number of hydrogen-bond donors (Lipinski definition) is 2. The van der Waals surface area contributed by atoms with Crippen molar-refractivity contribution in [1.29, 1.82) is 0 Å². The van der Waals surface area contributed by atoms with Gasteiger partial charge in [-0.05, 0) is 44.2 Å². The smallest absolute Gasteiger partial charge is 0.340 e. The molecule has 0 spiro atoms. The fraction of sp³-hybridized carbons (Fsp3) is 0.238. The predicted octanol–water partition coefficient (Wildman–Crippen LogP) is 2.55. The second-order valence-corrected chi connectivity index (χ2v) is 6.88. The summed E-state index contributed by atoms with van der Waals surface area (Å²) < 4.78 is 32.7. The number of carbonyl (C=O) groups excluding carboxylic acids is 4. The molecule has 1 aliphatic heterocycles. The first-order chi connectivity index (χ1) is 14.7. The van der Waals surface area contributed by atoms with Gasteiger partial charge in [0.15, 0.2) is 0 Å². The maximum Gasteiger partial charge on any atom is 0.340 e. The van der Waals surface area contributed by atoms with Gasteiger partial charge < -0.3 is 15.4 Å². The van der Waals surface area contributed by atoms with Gasteiger partial charge in [-0.2, -0.15) is 0 Å². The third kappa shape index (κ3) is 4.23. The molecule has 0 saturated carbocycles. The van der Waals surface area contributed by atoms with E-state index >= 15 is 0 Å². The maximum atomic E-state index is 14.2. The van der Waals surface area contributed by atoms with Gasteiger partial charge >= 0.3 is 12.0 Å². The topological polar surface area (TPSA) is 105 Å². The van der Waals surface area contributed by atoms with Crippen LogP contribution in [0.25, 0.3) is 0 Å².